The summed E-state index contributed by atoms with van der Waals surface area (Å²) in [6.07, 6.45) is 8.75. The van der Waals surface area contributed by atoms with Gasteiger partial charge in [0.2, 0.25) is 11.6 Å². The number of amides is 1. The molecule has 7 heteroatoms. The van der Waals surface area contributed by atoms with Crippen molar-refractivity contribution in [2.75, 3.05) is 24.5 Å². The zero-order valence-electron chi connectivity index (χ0n) is 11.8. The standard InChI is InChI=1S/C14H18N6O/c1-2-12(21)16-8-11-4-3-6-19(9-11)13-14-18-17-10-20(14)7-5-15-13/h2,5,7,10-11H,1,3-4,6,8-9H2,(H,16,21). The first-order chi connectivity index (χ1) is 10.3. The summed E-state index contributed by atoms with van der Waals surface area (Å²) in [5, 5.41) is 10.9. The minimum absolute atomic E-state index is 0.121. The number of carbonyl (C=O) groups excluding carboxylic acids is 1. The van der Waals surface area contributed by atoms with Crippen LogP contribution in [-0.4, -0.2) is 45.1 Å². The Morgan fingerprint density at radius 1 is 1.57 bits per heavy atom. The molecular formula is C14H18N6O. The third-order valence-corrected chi connectivity index (χ3v) is 3.77. The van der Waals surface area contributed by atoms with Gasteiger partial charge in [0, 0.05) is 32.0 Å². The van der Waals surface area contributed by atoms with E-state index in [9.17, 15) is 4.79 Å². The highest BCUT2D eigenvalue weighted by atomic mass is 16.1. The molecule has 3 rings (SSSR count). The molecule has 0 aliphatic carbocycles. The van der Waals surface area contributed by atoms with Crippen LogP contribution in [0.2, 0.25) is 0 Å². The number of hydrogen-bond donors (Lipinski definition) is 1. The van der Waals surface area contributed by atoms with E-state index in [0.29, 0.717) is 12.5 Å². The van der Waals surface area contributed by atoms with E-state index in [2.05, 4.69) is 32.0 Å². The van der Waals surface area contributed by atoms with Crippen LogP contribution < -0.4 is 10.2 Å². The largest absolute Gasteiger partial charge is 0.353 e. The molecule has 0 spiro atoms. The Labute approximate surface area is 122 Å². The number of hydrogen-bond acceptors (Lipinski definition) is 5. The van der Waals surface area contributed by atoms with Gasteiger partial charge in [-0.05, 0) is 24.8 Å². The van der Waals surface area contributed by atoms with Gasteiger partial charge in [0.25, 0.3) is 0 Å². The summed E-state index contributed by atoms with van der Waals surface area (Å²) in [4.78, 5) is 17.9. The second-order valence-electron chi connectivity index (χ2n) is 5.22. The summed E-state index contributed by atoms with van der Waals surface area (Å²) in [6, 6.07) is 0. The Morgan fingerprint density at radius 3 is 3.33 bits per heavy atom. The first-order valence-electron chi connectivity index (χ1n) is 7.07. The minimum atomic E-state index is -0.121. The van der Waals surface area contributed by atoms with Crippen LogP contribution in [0.1, 0.15) is 12.8 Å². The molecule has 110 valence electrons. The average Bonchev–Trinajstić information content (AvgIpc) is 3.01. The monoisotopic (exact) mass is 286 g/mol. The maximum Gasteiger partial charge on any atom is 0.243 e. The molecular weight excluding hydrogens is 268 g/mol. The van der Waals surface area contributed by atoms with Crippen LogP contribution in [-0.2, 0) is 4.79 Å². The van der Waals surface area contributed by atoms with Crippen LogP contribution in [0.15, 0.2) is 31.4 Å². The molecule has 1 amide bonds. The Hall–Kier alpha value is -2.44. The van der Waals surface area contributed by atoms with Crippen LogP contribution >= 0.6 is 0 Å². The van der Waals surface area contributed by atoms with Gasteiger partial charge in [-0.3, -0.25) is 9.20 Å². The molecule has 0 bridgehead atoms. The van der Waals surface area contributed by atoms with E-state index < -0.39 is 0 Å². The summed E-state index contributed by atoms with van der Waals surface area (Å²) in [5.74, 6) is 1.15. The number of aromatic nitrogens is 4. The summed E-state index contributed by atoms with van der Waals surface area (Å²) < 4.78 is 1.87. The Morgan fingerprint density at radius 2 is 2.48 bits per heavy atom. The number of anilines is 1. The first-order valence-corrected chi connectivity index (χ1v) is 7.07. The van der Waals surface area contributed by atoms with Gasteiger partial charge < -0.3 is 10.2 Å². The fraction of sp³-hybridized carbons (Fsp3) is 0.429. The molecule has 7 nitrogen and oxygen atoms in total. The highest BCUT2D eigenvalue weighted by molar-refractivity contribution is 5.86. The molecule has 1 N–H and O–H groups in total. The van der Waals surface area contributed by atoms with E-state index in [1.54, 1.807) is 12.5 Å². The molecule has 2 aromatic heterocycles. The van der Waals surface area contributed by atoms with Gasteiger partial charge >= 0.3 is 0 Å². The lowest BCUT2D eigenvalue weighted by molar-refractivity contribution is -0.116. The molecule has 1 aliphatic rings. The second-order valence-corrected chi connectivity index (χ2v) is 5.22. The number of rotatable bonds is 4. The first kappa shape index (κ1) is 13.5. The zero-order valence-corrected chi connectivity index (χ0v) is 11.8. The van der Waals surface area contributed by atoms with Crippen molar-refractivity contribution in [2.45, 2.75) is 12.8 Å². The molecule has 1 atom stereocenters. The van der Waals surface area contributed by atoms with Crippen molar-refractivity contribution in [2.24, 2.45) is 5.92 Å². The topological polar surface area (TPSA) is 75.4 Å². The molecule has 21 heavy (non-hydrogen) atoms. The lowest BCUT2D eigenvalue weighted by Gasteiger charge is -2.33. The van der Waals surface area contributed by atoms with E-state index in [4.69, 9.17) is 0 Å². The fourth-order valence-corrected chi connectivity index (χ4v) is 2.71. The molecule has 1 unspecified atom stereocenters. The Bertz CT molecular complexity index is 652. The van der Waals surface area contributed by atoms with E-state index in [0.717, 1.165) is 37.4 Å². The van der Waals surface area contributed by atoms with Gasteiger partial charge in [0.1, 0.15) is 6.33 Å². The van der Waals surface area contributed by atoms with Gasteiger partial charge in [-0.1, -0.05) is 6.58 Å². The van der Waals surface area contributed by atoms with Gasteiger partial charge in [-0.15, -0.1) is 10.2 Å². The predicted octanol–water partition coefficient (Wildman–Crippen LogP) is 0.643. The highest BCUT2D eigenvalue weighted by Crippen LogP contribution is 2.23. The summed E-state index contributed by atoms with van der Waals surface area (Å²) >= 11 is 0. The molecule has 0 radical (unpaired) electrons. The van der Waals surface area contributed by atoms with Crippen LogP contribution in [0, 0.1) is 5.92 Å². The summed E-state index contributed by atoms with van der Waals surface area (Å²) in [7, 11) is 0. The molecule has 1 fully saturated rings. The quantitative estimate of drug-likeness (QED) is 0.835. The van der Waals surface area contributed by atoms with E-state index in [1.165, 1.54) is 6.08 Å². The number of carbonyl (C=O) groups is 1. The minimum Gasteiger partial charge on any atom is -0.353 e. The summed E-state index contributed by atoms with van der Waals surface area (Å²) in [6.45, 7) is 5.94. The molecule has 0 saturated carbocycles. The van der Waals surface area contributed by atoms with E-state index in [-0.39, 0.29) is 5.91 Å². The second kappa shape index (κ2) is 5.90. The van der Waals surface area contributed by atoms with Crippen molar-refractivity contribution in [3.63, 3.8) is 0 Å². The average molecular weight is 286 g/mol. The molecule has 2 aromatic rings. The normalized spacial score (nSPS) is 18.7. The predicted molar refractivity (Wildman–Crippen MR) is 78.9 cm³/mol. The smallest absolute Gasteiger partial charge is 0.243 e. The van der Waals surface area contributed by atoms with Crippen LogP contribution in [0.25, 0.3) is 5.65 Å². The Balaban J connectivity index is 1.72. The van der Waals surface area contributed by atoms with E-state index in [1.807, 2.05) is 10.6 Å². The summed E-state index contributed by atoms with van der Waals surface area (Å²) in [5.41, 5.74) is 0.772. The van der Waals surface area contributed by atoms with Crippen molar-refractivity contribution in [3.8, 4) is 0 Å². The number of fused-ring (bicyclic) bond motifs is 1. The van der Waals surface area contributed by atoms with Crippen molar-refractivity contribution in [3.05, 3.63) is 31.4 Å². The lowest BCUT2D eigenvalue weighted by Crippen LogP contribution is -2.41. The highest BCUT2D eigenvalue weighted by Gasteiger charge is 2.23. The number of nitrogens with zero attached hydrogens (tertiary/aromatic N) is 5. The maximum absolute atomic E-state index is 11.3. The third kappa shape index (κ3) is 2.86. The maximum atomic E-state index is 11.3. The van der Waals surface area contributed by atoms with Gasteiger partial charge in [0.05, 0.1) is 0 Å². The molecule has 1 aliphatic heterocycles. The van der Waals surface area contributed by atoms with E-state index >= 15 is 0 Å². The van der Waals surface area contributed by atoms with Crippen LogP contribution in [0.3, 0.4) is 0 Å². The van der Waals surface area contributed by atoms with Crippen molar-refractivity contribution < 1.29 is 4.79 Å². The zero-order chi connectivity index (χ0) is 14.7. The molecule has 3 heterocycles. The molecule has 0 aromatic carbocycles. The Kier molecular flexibility index (Phi) is 3.81. The van der Waals surface area contributed by atoms with Gasteiger partial charge in [0.15, 0.2) is 5.82 Å². The third-order valence-electron chi connectivity index (χ3n) is 3.77. The molecule has 1 saturated heterocycles. The fourth-order valence-electron chi connectivity index (χ4n) is 2.71. The lowest BCUT2D eigenvalue weighted by atomic mass is 9.98. The number of piperidine rings is 1. The SMILES string of the molecule is C=CC(=O)NCC1CCCN(c2nccn3cnnc23)C1. The van der Waals surface area contributed by atoms with Gasteiger partial charge in [-0.2, -0.15) is 0 Å². The van der Waals surface area contributed by atoms with Crippen LogP contribution in [0.4, 0.5) is 5.82 Å². The van der Waals surface area contributed by atoms with Crippen molar-refractivity contribution in [1.29, 1.82) is 0 Å². The number of nitrogens with one attached hydrogen (secondary N) is 1. The van der Waals surface area contributed by atoms with Crippen molar-refractivity contribution >= 4 is 17.4 Å². The van der Waals surface area contributed by atoms with Gasteiger partial charge in [-0.25, -0.2) is 4.98 Å². The van der Waals surface area contributed by atoms with Crippen LogP contribution in [0.5, 0.6) is 0 Å². The van der Waals surface area contributed by atoms with Crippen molar-refractivity contribution in [1.82, 2.24) is 24.9 Å².